The number of aliphatic hydroxyl groups excluding tert-OH is 1. The molecule has 0 saturated carbocycles. The van der Waals surface area contributed by atoms with E-state index in [1.54, 1.807) is 4.90 Å². The van der Waals surface area contributed by atoms with Gasteiger partial charge in [0.15, 0.2) is 0 Å². The Morgan fingerprint density at radius 1 is 1.35 bits per heavy atom. The minimum Gasteiger partial charge on any atom is -0.387 e. The molecule has 1 N–H and O–H groups in total. The Balaban J connectivity index is 1.87. The Morgan fingerprint density at radius 2 is 2.12 bits per heavy atom. The molecule has 0 spiro atoms. The van der Waals surface area contributed by atoms with Crippen LogP contribution in [0.2, 0.25) is 10.0 Å². The summed E-state index contributed by atoms with van der Waals surface area (Å²) in [6.45, 7) is 2.64. The SMILES string of the molecule is Cc1cc(-c2cc(Cl)c(Cl)c3c2C2=C(CCN(C(=O)CO)C2)C3)nn1C. The molecule has 0 atom stereocenters. The van der Waals surface area contributed by atoms with Gasteiger partial charge in [0.25, 0.3) is 0 Å². The number of aromatic nitrogens is 2. The van der Waals surface area contributed by atoms with E-state index in [1.165, 1.54) is 5.57 Å². The van der Waals surface area contributed by atoms with E-state index in [0.29, 0.717) is 23.1 Å². The standard InChI is InChI=1S/C19H19Cl2N3O2/c1-10-5-16(22-23(10)2)12-7-15(20)19(21)13-6-11-3-4-24(17(26)9-25)8-14(11)18(12)13/h5,7,25H,3-4,6,8-9H2,1-2H3. The fourth-order valence-corrected chi connectivity index (χ4v) is 4.30. The number of fused-ring (bicyclic) bond motifs is 2. The normalized spacial score (nSPS) is 16.1. The number of hydrogen-bond acceptors (Lipinski definition) is 3. The van der Waals surface area contributed by atoms with Crippen LogP contribution in [0.15, 0.2) is 17.7 Å². The lowest BCUT2D eigenvalue weighted by atomic mass is 9.94. The molecule has 0 radical (unpaired) electrons. The molecule has 1 aliphatic carbocycles. The number of hydrogen-bond donors (Lipinski definition) is 1. The molecule has 1 amide bonds. The van der Waals surface area contributed by atoms with Crippen LogP contribution in [0.25, 0.3) is 16.8 Å². The molecule has 1 aromatic carbocycles. The van der Waals surface area contributed by atoms with Gasteiger partial charge in [-0.3, -0.25) is 9.48 Å². The predicted octanol–water partition coefficient (Wildman–Crippen LogP) is 3.24. The number of aryl methyl sites for hydroxylation is 2. The van der Waals surface area contributed by atoms with Crippen molar-refractivity contribution in [3.63, 3.8) is 0 Å². The number of carbonyl (C=O) groups excluding carboxylic acids is 1. The van der Waals surface area contributed by atoms with Crippen LogP contribution in [-0.4, -0.2) is 45.4 Å². The average Bonchev–Trinajstić information content (AvgIpc) is 3.17. The number of carbonyl (C=O) groups is 1. The molecule has 2 heterocycles. The maximum Gasteiger partial charge on any atom is 0.248 e. The molecule has 136 valence electrons. The molecular weight excluding hydrogens is 373 g/mol. The van der Waals surface area contributed by atoms with Gasteiger partial charge >= 0.3 is 0 Å². The zero-order chi connectivity index (χ0) is 18.6. The van der Waals surface area contributed by atoms with Crippen molar-refractivity contribution in [1.82, 2.24) is 14.7 Å². The third kappa shape index (κ3) is 2.66. The molecule has 1 aliphatic heterocycles. The van der Waals surface area contributed by atoms with Gasteiger partial charge in [-0.2, -0.15) is 5.10 Å². The van der Waals surface area contributed by atoms with Crippen molar-refractivity contribution in [2.75, 3.05) is 19.7 Å². The molecule has 7 heteroatoms. The van der Waals surface area contributed by atoms with Crippen molar-refractivity contribution >= 4 is 34.7 Å². The maximum absolute atomic E-state index is 12.0. The summed E-state index contributed by atoms with van der Waals surface area (Å²) >= 11 is 12.9. The molecule has 0 fully saturated rings. The van der Waals surface area contributed by atoms with Crippen LogP contribution in [0.1, 0.15) is 23.2 Å². The summed E-state index contributed by atoms with van der Waals surface area (Å²) in [6.07, 6.45) is 1.54. The number of nitrogens with zero attached hydrogens (tertiary/aromatic N) is 3. The largest absolute Gasteiger partial charge is 0.387 e. The smallest absolute Gasteiger partial charge is 0.248 e. The van der Waals surface area contributed by atoms with E-state index in [9.17, 15) is 9.90 Å². The molecule has 1 aromatic heterocycles. The first-order valence-corrected chi connectivity index (χ1v) is 9.28. The van der Waals surface area contributed by atoms with E-state index >= 15 is 0 Å². The highest BCUT2D eigenvalue weighted by atomic mass is 35.5. The highest BCUT2D eigenvalue weighted by Crippen LogP contribution is 2.47. The van der Waals surface area contributed by atoms with Crippen LogP contribution in [0.3, 0.4) is 0 Å². The van der Waals surface area contributed by atoms with E-state index in [2.05, 4.69) is 5.10 Å². The summed E-state index contributed by atoms with van der Waals surface area (Å²) in [5, 5.41) is 14.9. The van der Waals surface area contributed by atoms with Gasteiger partial charge in [0.1, 0.15) is 6.61 Å². The quantitative estimate of drug-likeness (QED) is 0.854. The number of rotatable bonds is 2. The molecule has 5 nitrogen and oxygen atoms in total. The summed E-state index contributed by atoms with van der Waals surface area (Å²) in [5.74, 6) is -0.250. The Morgan fingerprint density at radius 3 is 2.77 bits per heavy atom. The van der Waals surface area contributed by atoms with Gasteiger partial charge in [0, 0.05) is 31.4 Å². The Bertz CT molecular complexity index is 943. The lowest BCUT2D eigenvalue weighted by molar-refractivity contribution is -0.133. The number of amides is 1. The minimum atomic E-state index is -0.469. The van der Waals surface area contributed by atoms with Crippen molar-refractivity contribution in [2.24, 2.45) is 7.05 Å². The molecule has 26 heavy (non-hydrogen) atoms. The van der Waals surface area contributed by atoms with E-state index in [0.717, 1.165) is 46.5 Å². The fourth-order valence-electron chi connectivity index (χ4n) is 3.86. The van der Waals surface area contributed by atoms with E-state index < -0.39 is 6.61 Å². The highest BCUT2D eigenvalue weighted by Gasteiger charge is 2.33. The van der Waals surface area contributed by atoms with Gasteiger partial charge in [0.2, 0.25) is 5.91 Å². The summed E-state index contributed by atoms with van der Waals surface area (Å²) in [4.78, 5) is 13.7. The van der Waals surface area contributed by atoms with Crippen LogP contribution in [-0.2, 0) is 18.3 Å². The van der Waals surface area contributed by atoms with Crippen LogP contribution in [0.5, 0.6) is 0 Å². The first-order valence-electron chi connectivity index (χ1n) is 8.52. The highest BCUT2D eigenvalue weighted by molar-refractivity contribution is 6.43. The Kier molecular flexibility index (Phi) is 4.34. The summed E-state index contributed by atoms with van der Waals surface area (Å²) in [5.41, 5.74) is 7.31. The molecule has 2 aliphatic rings. The van der Waals surface area contributed by atoms with Crippen molar-refractivity contribution in [3.8, 4) is 11.3 Å². The van der Waals surface area contributed by atoms with Gasteiger partial charge < -0.3 is 10.0 Å². The Hall–Kier alpha value is -1.82. The predicted molar refractivity (Wildman–Crippen MR) is 102 cm³/mol. The minimum absolute atomic E-state index is 0.250. The van der Waals surface area contributed by atoms with E-state index in [1.807, 2.05) is 30.8 Å². The summed E-state index contributed by atoms with van der Waals surface area (Å²) in [7, 11) is 1.91. The molecule has 0 unspecified atom stereocenters. The van der Waals surface area contributed by atoms with Crippen LogP contribution in [0.4, 0.5) is 0 Å². The lowest BCUT2D eigenvalue weighted by Gasteiger charge is -2.28. The third-order valence-corrected chi connectivity index (χ3v) is 6.17. The first-order chi connectivity index (χ1) is 12.4. The second kappa shape index (κ2) is 6.41. The van der Waals surface area contributed by atoms with Crippen LogP contribution >= 0.6 is 23.2 Å². The molecule has 4 rings (SSSR count). The van der Waals surface area contributed by atoms with Gasteiger partial charge in [-0.25, -0.2) is 0 Å². The van der Waals surface area contributed by atoms with Crippen molar-refractivity contribution < 1.29 is 9.90 Å². The van der Waals surface area contributed by atoms with Crippen LogP contribution < -0.4 is 0 Å². The summed E-state index contributed by atoms with van der Waals surface area (Å²) in [6, 6.07) is 3.89. The number of benzene rings is 1. The summed E-state index contributed by atoms with van der Waals surface area (Å²) < 4.78 is 1.83. The maximum atomic E-state index is 12.0. The van der Waals surface area contributed by atoms with Crippen molar-refractivity contribution in [1.29, 1.82) is 0 Å². The number of aliphatic hydroxyl groups is 1. The zero-order valence-corrected chi connectivity index (χ0v) is 16.2. The fraction of sp³-hybridized carbons (Fsp3) is 0.368. The second-order valence-electron chi connectivity index (χ2n) is 6.85. The lowest BCUT2D eigenvalue weighted by Crippen LogP contribution is -2.37. The van der Waals surface area contributed by atoms with E-state index in [-0.39, 0.29) is 5.91 Å². The van der Waals surface area contributed by atoms with Crippen molar-refractivity contribution in [3.05, 3.63) is 44.6 Å². The average molecular weight is 392 g/mol. The molecular formula is C19H19Cl2N3O2. The topological polar surface area (TPSA) is 58.4 Å². The first kappa shape index (κ1) is 17.6. The third-order valence-electron chi connectivity index (χ3n) is 5.35. The molecule has 0 bridgehead atoms. The monoisotopic (exact) mass is 391 g/mol. The van der Waals surface area contributed by atoms with Gasteiger partial charge in [-0.05, 0) is 48.6 Å². The second-order valence-corrected chi connectivity index (χ2v) is 7.64. The van der Waals surface area contributed by atoms with Gasteiger partial charge in [-0.1, -0.05) is 28.8 Å². The van der Waals surface area contributed by atoms with Gasteiger partial charge in [-0.15, -0.1) is 0 Å². The number of halogens is 2. The molecule has 2 aromatic rings. The molecule has 0 saturated heterocycles. The van der Waals surface area contributed by atoms with Gasteiger partial charge in [0.05, 0.1) is 15.7 Å². The van der Waals surface area contributed by atoms with Crippen molar-refractivity contribution in [2.45, 2.75) is 19.8 Å². The van der Waals surface area contributed by atoms with Crippen LogP contribution in [0, 0.1) is 6.92 Å². The van der Waals surface area contributed by atoms with E-state index in [4.69, 9.17) is 23.2 Å². The Labute approximate surface area is 161 Å². The zero-order valence-electron chi connectivity index (χ0n) is 14.6.